The molecule has 0 fully saturated rings. The molecule has 0 aromatic carbocycles. The molecule has 0 saturated carbocycles. The normalized spacial score (nSPS) is 10.1. The van der Waals surface area contributed by atoms with E-state index in [1.807, 2.05) is 6.92 Å². The van der Waals surface area contributed by atoms with E-state index >= 15 is 0 Å². The fourth-order valence-electron chi connectivity index (χ4n) is 0.892. The number of nitrogens with one attached hydrogen (secondary N) is 1. The van der Waals surface area contributed by atoms with Gasteiger partial charge in [-0.15, -0.1) is 0 Å². The van der Waals surface area contributed by atoms with Gasteiger partial charge in [-0.05, 0) is 12.5 Å². The highest BCUT2D eigenvalue weighted by molar-refractivity contribution is 6.29. The summed E-state index contributed by atoms with van der Waals surface area (Å²) in [5, 5.41) is 11.8. The molecule has 1 heterocycles. The van der Waals surface area contributed by atoms with Crippen molar-refractivity contribution in [3.05, 3.63) is 16.9 Å². The predicted molar refractivity (Wildman–Crippen MR) is 52.0 cm³/mol. The van der Waals surface area contributed by atoms with Crippen molar-refractivity contribution in [1.29, 1.82) is 0 Å². The van der Waals surface area contributed by atoms with Crippen LogP contribution in [0.4, 0.5) is 5.95 Å². The number of aromatic nitrogens is 2. The number of anilines is 1. The molecule has 72 valence electrons. The van der Waals surface area contributed by atoms with Crippen LogP contribution in [0.5, 0.6) is 0 Å². The van der Waals surface area contributed by atoms with E-state index in [1.165, 1.54) is 0 Å². The summed E-state index contributed by atoms with van der Waals surface area (Å²) in [7, 11) is 0. The minimum atomic E-state index is 0.0529. The number of nitrogens with zero attached hydrogens (tertiary/aromatic N) is 2. The fourth-order valence-corrected chi connectivity index (χ4v) is 1.10. The van der Waals surface area contributed by atoms with Crippen LogP contribution in [0.15, 0.2) is 6.07 Å². The molecule has 2 N–H and O–H groups in total. The smallest absolute Gasteiger partial charge is 0.224 e. The van der Waals surface area contributed by atoms with E-state index in [0.29, 0.717) is 17.6 Å². The summed E-state index contributed by atoms with van der Waals surface area (Å²) in [4.78, 5) is 8.12. The van der Waals surface area contributed by atoms with Crippen LogP contribution >= 0.6 is 11.6 Å². The third-order valence-electron chi connectivity index (χ3n) is 1.51. The van der Waals surface area contributed by atoms with E-state index in [2.05, 4.69) is 15.3 Å². The fraction of sp³-hybridized carbons (Fsp3) is 0.500. The maximum Gasteiger partial charge on any atom is 0.224 e. The molecule has 5 heteroatoms. The lowest BCUT2D eigenvalue weighted by atomic mass is 10.3. The van der Waals surface area contributed by atoms with Gasteiger partial charge in [0.2, 0.25) is 5.95 Å². The van der Waals surface area contributed by atoms with Gasteiger partial charge in [-0.3, -0.25) is 0 Å². The molecule has 0 aliphatic carbocycles. The van der Waals surface area contributed by atoms with E-state index in [1.54, 1.807) is 6.07 Å². The molecule has 0 aliphatic heterocycles. The van der Waals surface area contributed by atoms with Crippen molar-refractivity contribution in [2.45, 2.75) is 13.3 Å². The second-order valence-corrected chi connectivity index (χ2v) is 2.90. The van der Waals surface area contributed by atoms with Crippen molar-refractivity contribution in [3.8, 4) is 0 Å². The Kier molecular flexibility index (Phi) is 3.92. The Morgan fingerprint density at radius 3 is 2.92 bits per heavy atom. The monoisotopic (exact) mass is 201 g/mol. The number of rotatable bonds is 4. The molecular weight excluding hydrogens is 190 g/mol. The van der Waals surface area contributed by atoms with Crippen LogP contribution in [0.25, 0.3) is 0 Å². The van der Waals surface area contributed by atoms with E-state index in [0.717, 1.165) is 12.1 Å². The molecule has 1 rings (SSSR count). The van der Waals surface area contributed by atoms with Crippen LogP contribution in [-0.4, -0.2) is 28.2 Å². The molecule has 0 aliphatic rings. The first kappa shape index (κ1) is 10.2. The zero-order valence-electron chi connectivity index (χ0n) is 7.42. The molecule has 0 atom stereocenters. The Labute approximate surface area is 82.0 Å². The number of hydrogen-bond donors (Lipinski definition) is 2. The molecule has 1 aromatic rings. The van der Waals surface area contributed by atoms with Gasteiger partial charge in [0, 0.05) is 12.2 Å². The molecule has 0 spiro atoms. The largest absolute Gasteiger partial charge is 0.395 e. The Morgan fingerprint density at radius 1 is 1.54 bits per heavy atom. The van der Waals surface area contributed by atoms with Crippen molar-refractivity contribution in [1.82, 2.24) is 9.97 Å². The Hall–Kier alpha value is -0.870. The van der Waals surface area contributed by atoms with Crippen molar-refractivity contribution < 1.29 is 5.11 Å². The molecule has 0 unspecified atom stereocenters. The predicted octanol–water partition coefficient (Wildman–Crippen LogP) is 1.10. The van der Waals surface area contributed by atoms with Gasteiger partial charge in [0.25, 0.3) is 0 Å². The van der Waals surface area contributed by atoms with Crippen LogP contribution in [-0.2, 0) is 6.42 Å². The summed E-state index contributed by atoms with van der Waals surface area (Å²) in [5.74, 6) is 0.471. The molecule has 0 bridgehead atoms. The lowest BCUT2D eigenvalue weighted by Gasteiger charge is -2.04. The molecule has 1 aromatic heterocycles. The van der Waals surface area contributed by atoms with Crippen molar-refractivity contribution in [2.75, 3.05) is 18.5 Å². The first-order valence-corrected chi connectivity index (χ1v) is 4.52. The number of aliphatic hydroxyl groups is 1. The summed E-state index contributed by atoms with van der Waals surface area (Å²) in [5.41, 5.74) is 0.889. The average molecular weight is 202 g/mol. The van der Waals surface area contributed by atoms with E-state index in [4.69, 9.17) is 16.7 Å². The van der Waals surface area contributed by atoms with Crippen LogP contribution in [0.2, 0.25) is 5.15 Å². The summed E-state index contributed by atoms with van der Waals surface area (Å²) < 4.78 is 0. The third kappa shape index (κ3) is 3.16. The highest BCUT2D eigenvalue weighted by Crippen LogP contribution is 2.10. The quantitative estimate of drug-likeness (QED) is 0.717. The van der Waals surface area contributed by atoms with E-state index in [9.17, 15) is 0 Å². The van der Waals surface area contributed by atoms with Gasteiger partial charge >= 0.3 is 0 Å². The topological polar surface area (TPSA) is 58.0 Å². The number of aliphatic hydroxyl groups excluding tert-OH is 1. The van der Waals surface area contributed by atoms with Crippen LogP contribution in [0, 0.1) is 0 Å². The van der Waals surface area contributed by atoms with Gasteiger partial charge in [-0.1, -0.05) is 18.5 Å². The van der Waals surface area contributed by atoms with Gasteiger partial charge in [-0.2, -0.15) is 0 Å². The lowest BCUT2D eigenvalue weighted by Crippen LogP contribution is -2.09. The maximum atomic E-state index is 8.57. The third-order valence-corrected chi connectivity index (χ3v) is 1.70. The summed E-state index contributed by atoms with van der Waals surface area (Å²) >= 11 is 5.75. The summed E-state index contributed by atoms with van der Waals surface area (Å²) in [6, 6.07) is 1.73. The van der Waals surface area contributed by atoms with Crippen molar-refractivity contribution in [2.24, 2.45) is 0 Å². The SMILES string of the molecule is CCc1cc(Cl)nc(NCCO)n1. The molecule has 0 radical (unpaired) electrons. The zero-order chi connectivity index (χ0) is 9.68. The molecule has 13 heavy (non-hydrogen) atoms. The average Bonchev–Trinajstić information content (AvgIpc) is 2.14. The van der Waals surface area contributed by atoms with Gasteiger partial charge < -0.3 is 10.4 Å². The first-order chi connectivity index (χ1) is 6.26. The molecule has 4 nitrogen and oxygen atoms in total. The Morgan fingerprint density at radius 2 is 2.31 bits per heavy atom. The van der Waals surface area contributed by atoms with E-state index < -0.39 is 0 Å². The standard InChI is InChI=1S/C8H12ClN3O/c1-2-6-5-7(9)12-8(11-6)10-3-4-13/h5,13H,2-4H2,1H3,(H,10,11,12). The summed E-state index contributed by atoms with van der Waals surface area (Å²) in [6.45, 7) is 2.48. The number of halogens is 1. The highest BCUT2D eigenvalue weighted by atomic mass is 35.5. The minimum absolute atomic E-state index is 0.0529. The second kappa shape index (κ2) is 4.99. The van der Waals surface area contributed by atoms with Crippen LogP contribution in [0.1, 0.15) is 12.6 Å². The minimum Gasteiger partial charge on any atom is -0.395 e. The van der Waals surface area contributed by atoms with Gasteiger partial charge in [0.15, 0.2) is 0 Å². The summed E-state index contributed by atoms with van der Waals surface area (Å²) in [6.07, 6.45) is 0.816. The van der Waals surface area contributed by atoms with Crippen LogP contribution in [0.3, 0.4) is 0 Å². The number of aryl methyl sites for hydroxylation is 1. The van der Waals surface area contributed by atoms with Gasteiger partial charge in [-0.25, -0.2) is 9.97 Å². The lowest BCUT2D eigenvalue weighted by molar-refractivity contribution is 0.311. The van der Waals surface area contributed by atoms with Crippen molar-refractivity contribution in [3.63, 3.8) is 0 Å². The van der Waals surface area contributed by atoms with Crippen molar-refractivity contribution >= 4 is 17.5 Å². The molecule has 0 saturated heterocycles. The first-order valence-electron chi connectivity index (χ1n) is 4.14. The van der Waals surface area contributed by atoms with Crippen LogP contribution < -0.4 is 5.32 Å². The van der Waals surface area contributed by atoms with Gasteiger partial charge in [0.05, 0.1) is 6.61 Å². The maximum absolute atomic E-state index is 8.57. The Balaban J connectivity index is 2.76. The second-order valence-electron chi connectivity index (χ2n) is 2.51. The van der Waals surface area contributed by atoms with Gasteiger partial charge in [0.1, 0.15) is 5.15 Å². The molecular formula is C8H12ClN3O. The molecule has 0 amide bonds. The Bertz CT molecular complexity index is 280. The zero-order valence-corrected chi connectivity index (χ0v) is 8.17. The van der Waals surface area contributed by atoms with E-state index in [-0.39, 0.29) is 6.61 Å². The highest BCUT2D eigenvalue weighted by Gasteiger charge is 2.00. The number of hydrogen-bond acceptors (Lipinski definition) is 4.